The van der Waals surface area contributed by atoms with Crippen molar-refractivity contribution in [2.75, 3.05) is 20.4 Å². The number of ether oxygens (including phenoxy) is 2. The molecule has 0 amide bonds. The van der Waals surface area contributed by atoms with E-state index < -0.39 is 60.7 Å². The lowest BCUT2D eigenvalue weighted by molar-refractivity contribution is -0.143. The monoisotopic (exact) mass is 481 g/mol. The Hall–Kier alpha value is -2.94. The van der Waals surface area contributed by atoms with Gasteiger partial charge in [0, 0.05) is 5.56 Å². The fourth-order valence-corrected chi connectivity index (χ4v) is 4.02. The minimum atomic E-state index is -5.23. The van der Waals surface area contributed by atoms with Gasteiger partial charge in [0.1, 0.15) is 11.5 Å². The number of alkyl halides is 6. The molecule has 1 atom stereocenters. The number of rotatable bonds is 8. The van der Waals surface area contributed by atoms with Gasteiger partial charge in [-0.15, -0.1) is 0 Å². The van der Waals surface area contributed by atoms with Crippen LogP contribution in [0.15, 0.2) is 36.4 Å². The summed E-state index contributed by atoms with van der Waals surface area (Å²) in [6.07, 6.45) is -12.2. The number of Topliss-reactive ketones (excluding diaryl/α,β-unsaturated/α-hetero) is 1. The molecule has 172 valence electrons. The molecule has 2 rings (SSSR count). The fraction of sp³-hybridized carbons (Fsp3) is 0.300. The third-order valence-corrected chi connectivity index (χ3v) is 5.67. The number of hydrogen-bond acceptors (Lipinski definition) is 5. The number of carbonyl (C=O) groups excluding carboxylic acids is 2. The molecule has 0 fully saturated rings. The van der Waals surface area contributed by atoms with Crippen molar-refractivity contribution in [3.8, 4) is 11.5 Å². The van der Waals surface area contributed by atoms with Crippen LogP contribution in [0.3, 0.4) is 0 Å². The highest BCUT2D eigenvalue weighted by molar-refractivity contribution is 7.64. The van der Waals surface area contributed by atoms with Crippen molar-refractivity contribution in [2.24, 2.45) is 0 Å². The number of hydrogen-bond donors (Lipinski definition) is 0. The summed E-state index contributed by atoms with van der Waals surface area (Å²) in [4.78, 5) is 25.0. The first-order valence-corrected chi connectivity index (χ1v) is 10.3. The largest absolute Gasteiger partial charge is 0.496 e. The second-order valence-corrected chi connectivity index (χ2v) is 7.95. The van der Waals surface area contributed by atoms with E-state index in [0.717, 1.165) is 0 Å². The van der Waals surface area contributed by atoms with Crippen LogP contribution in [-0.2, 0) is 16.9 Å². The van der Waals surface area contributed by atoms with Crippen LogP contribution in [0.5, 0.6) is 11.5 Å². The first-order chi connectivity index (χ1) is 14.8. The highest BCUT2D eigenvalue weighted by Crippen LogP contribution is 2.41. The minimum Gasteiger partial charge on any atom is -0.496 e. The van der Waals surface area contributed by atoms with Gasteiger partial charge in [-0.3, -0.25) is 4.79 Å². The molecule has 2 aromatic carbocycles. The molecule has 5 nitrogen and oxygen atoms in total. The van der Waals surface area contributed by atoms with E-state index >= 15 is 0 Å². The van der Waals surface area contributed by atoms with E-state index in [4.69, 9.17) is 9.47 Å². The van der Waals surface area contributed by atoms with Crippen molar-refractivity contribution in [3.63, 3.8) is 0 Å². The zero-order valence-corrected chi connectivity index (χ0v) is 17.5. The van der Waals surface area contributed by atoms with E-state index in [0.29, 0.717) is 18.2 Å². The number of methoxy groups -OCH3 is 2. The lowest BCUT2D eigenvalue weighted by Crippen LogP contribution is -2.20. The Morgan fingerprint density at radius 3 is 1.66 bits per heavy atom. The zero-order valence-electron chi connectivity index (χ0n) is 16.6. The van der Waals surface area contributed by atoms with Crippen LogP contribution in [0, 0.1) is 0 Å². The smallest absolute Gasteiger partial charge is 0.420 e. The summed E-state index contributed by atoms with van der Waals surface area (Å²) in [6, 6.07) is 5.48. The van der Waals surface area contributed by atoms with Crippen LogP contribution < -0.4 is 9.47 Å². The standard InChI is InChI=1S/C20H16F6O5P/c1-30-14-7-4-8-15(31-2)17(14)18(28)32(29)10-9-13(27)16-11(19(21,22)23)5-3-6-12(16)20(24,25)26/h3-8H,9-10H2,1-2H3/q+1. The number of halogens is 6. The quantitative estimate of drug-likeness (QED) is 0.264. The normalized spacial score (nSPS) is 12.3. The lowest BCUT2D eigenvalue weighted by Gasteiger charge is -2.17. The van der Waals surface area contributed by atoms with E-state index in [-0.39, 0.29) is 17.1 Å². The average molecular weight is 481 g/mol. The number of ketones is 1. The topological polar surface area (TPSA) is 69.7 Å². The predicted molar refractivity (Wildman–Crippen MR) is 102 cm³/mol. The Balaban J connectivity index is 2.35. The van der Waals surface area contributed by atoms with E-state index in [1.807, 2.05) is 0 Å². The van der Waals surface area contributed by atoms with Crippen LogP contribution in [-0.4, -0.2) is 31.7 Å². The molecule has 0 radical (unpaired) electrons. The van der Waals surface area contributed by atoms with Gasteiger partial charge in [0.05, 0.1) is 31.8 Å². The minimum absolute atomic E-state index is 0.00537. The van der Waals surface area contributed by atoms with Crippen molar-refractivity contribution < 1.29 is 50.0 Å². The summed E-state index contributed by atoms with van der Waals surface area (Å²) >= 11 is 0. The fourth-order valence-electron chi connectivity index (χ4n) is 2.94. The molecule has 0 saturated heterocycles. The maximum atomic E-state index is 13.2. The van der Waals surface area contributed by atoms with Gasteiger partial charge in [0.15, 0.2) is 17.5 Å². The van der Waals surface area contributed by atoms with E-state index in [9.17, 15) is 40.5 Å². The van der Waals surface area contributed by atoms with Crippen molar-refractivity contribution in [1.29, 1.82) is 0 Å². The van der Waals surface area contributed by atoms with Crippen molar-refractivity contribution >= 4 is 19.1 Å². The molecule has 0 aliphatic carbocycles. The Morgan fingerprint density at radius 1 is 0.812 bits per heavy atom. The molecule has 0 spiro atoms. The Bertz CT molecular complexity index is 991. The summed E-state index contributed by atoms with van der Waals surface area (Å²) in [7, 11) is -0.430. The summed E-state index contributed by atoms with van der Waals surface area (Å²) in [5.74, 6) is -1.52. The van der Waals surface area contributed by atoms with Crippen molar-refractivity contribution in [1.82, 2.24) is 0 Å². The van der Waals surface area contributed by atoms with Crippen LogP contribution in [0.2, 0.25) is 0 Å². The molecule has 0 aliphatic rings. The van der Waals surface area contributed by atoms with Gasteiger partial charge in [-0.25, -0.2) is 4.79 Å². The van der Waals surface area contributed by atoms with Gasteiger partial charge in [-0.2, -0.15) is 26.3 Å². The van der Waals surface area contributed by atoms with Gasteiger partial charge in [0.25, 0.3) is 0 Å². The molecule has 32 heavy (non-hydrogen) atoms. The molecular formula is C20H16F6O5P+. The van der Waals surface area contributed by atoms with Gasteiger partial charge >= 0.3 is 25.7 Å². The summed E-state index contributed by atoms with van der Waals surface area (Å²) in [6.45, 7) is 0. The number of benzene rings is 2. The number of carbonyl (C=O) groups is 2. The molecule has 0 bridgehead atoms. The van der Waals surface area contributed by atoms with E-state index in [1.54, 1.807) is 0 Å². The second-order valence-electron chi connectivity index (χ2n) is 6.34. The molecule has 0 aliphatic heterocycles. The molecular weight excluding hydrogens is 465 g/mol. The van der Waals surface area contributed by atoms with E-state index in [2.05, 4.69) is 0 Å². The Kier molecular flexibility index (Phi) is 7.66. The van der Waals surface area contributed by atoms with Crippen molar-refractivity contribution in [2.45, 2.75) is 18.8 Å². The Morgan fingerprint density at radius 2 is 1.25 bits per heavy atom. The molecule has 0 saturated carbocycles. The van der Waals surface area contributed by atoms with Crippen LogP contribution in [0.4, 0.5) is 26.3 Å². The Labute approximate surface area is 179 Å². The van der Waals surface area contributed by atoms with Gasteiger partial charge in [-0.05, 0) is 24.3 Å². The highest BCUT2D eigenvalue weighted by atomic mass is 31.1. The maximum Gasteiger partial charge on any atom is 0.420 e. The average Bonchev–Trinajstić information content (AvgIpc) is 2.74. The highest BCUT2D eigenvalue weighted by Gasteiger charge is 2.43. The molecule has 12 heteroatoms. The summed E-state index contributed by atoms with van der Waals surface area (Å²) < 4.78 is 102. The van der Waals surface area contributed by atoms with Crippen LogP contribution in [0.25, 0.3) is 0 Å². The second kappa shape index (κ2) is 9.68. The lowest BCUT2D eigenvalue weighted by atomic mass is 9.95. The molecule has 1 unspecified atom stereocenters. The van der Waals surface area contributed by atoms with E-state index in [1.165, 1.54) is 32.4 Å². The van der Waals surface area contributed by atoms with Gasteiger partial charge in [0.2, 0.25) is 0 Å². The maximum absolute atomic E-state index is 13.2. The van der Waals surface area contributed by atoms with Crippen molar-refractivity contribution in [3.05, 3.63) is 58.7 Å². The first kappa shape index (κ1) is 25.3. The van der Waals surface area contributed by atoms with Crippen LogP contribution >= 0.6 is 7.80 Å². The first-order valence-electron chi connectivity index (χ1n) is 8.83. The summed E-state index contributed by atoms with van der Waals surface area (Å²) in [5.41, 5.74) is -6.31. The molecule has 0 N–H and O–H groups in total. The molecule has 0 heterocycles. The zero-order chi connectivity index (χ0) is 24.3. The third kappa shape index (κ3) is 5.45. The molecule has 2 aromatic rings. The van der Waals surface area contributed by atoms with Gasteiger partial charge < -0.3 is 9.47 Å². The van der Waals surface area contributed by atoms with Crippen LogP contribution in [0.1, 0.15) is 38.3 Å². The SMILES string of the molecule is COc1cccc(OC)c1C(=O)[P+](=O)CCC(=O)c1c(C(F)(F)F)cccc1C(F)(F)F. The summed E-state index contributed by atoms with van der Waals surface area (Å²) in [5, 5.41) is 0. The predicted octanol–water partition coefficient (Wildman–Crippen LogP) is 5.98. The third-order valence-electron chi connectivity index (χ3n) is 4.36. The molecule has 0 aromatic heterocycles. The van der Waals surface area contributed by atoms with Gasteiger partial charge in [-0.1, -0.05) is 16.7 Å².